The predicted molar refractivity (Wildman–Crippen MR) is 92.9 cm³/mol. The smallest absolute Gasteiger partial charge is 0.0853 e. The van der Waals surface area contributed by atoms with E-state index in [1.807, 2.05) is 6.20 Å². The highest BCUT2D eigenvalue weighted by atomic mass is 79.9. The number of rotatable bonds is 8. The number of halogens is 1. The van der Waals surface area contributed by atoms with Gasteiger partial charge in [0.2, 0.25) is 0 Å². The largest absolute Gasteiger partial charge is 0.308 e. The topological polar surface area (TPSA) is 33.1 Å². The summed E-state index contributed by atoms with van der Waals surface area (Å²) in [6.07, 6.45) is 3.02. The minimum absolute atomic E-state index is 0.198. The van der Waals surface area contributed by atoms with E-state index in [9.17, 15) is 0 Å². The zero-order valence-corrected chi connectivity index (χ0v) is 15.2. The van der Waals surface area contributed by atoms with Crippen molar-refractivity contribution in [2.45, 2.75) is 25.9 Å². The van der Waals surface area contributed by atoms with E-state index >= 15 is 0 Å². The molecule has 4 nitrogen and oxygen atoms in total. The van der Waals surface area contributed by atoms with Crippen LogP contribution < -0.4 is 5.32 Å². The first kappa shape index (κ1) is 16.7. The van der Waals surface area contributed by atoms with Gasteiger partial charge in [-0.2, -0.15) is 5.10 Å². The van der Waals surface area contributed by atoms with Gasteiger partial charge < -0.3 is 10.2 Å². The quantitative estimate of drug-likeness (QED) is 0.773. The molecule has 2 rings (SSSR count). The first-order valence-corrected chi connectivity index (χ1v) is 8.93. The second-order valence-corrected chi connectivity index (χ2v) is 7.14. The van der Waals surface area contributed by atoms with Crippen molar-refractivity contribution in [3.05, 3.63) is 38.8 Å². The highest BCUT2D eigenvalue weighted by molar-refractivity contribution is 9.10. The van der Waals surface area contributed by atoms with Crippen LogP contribution in [0.4, 0.5) is 0 Å². The SMILES string of the molecule is CCCNC(c1cccs1)c1c(Br)cnn1CCN(C)C. The third kappa shape index (κ3) is 4.39. The lowest BCUT2D eigenvalue weighted by molar-refractivity contribution is 0.365. The summed E-state index contributed by atoms with van der Waals surface area (Å²) in [5, 5.41) is 10.3. The average Bonchev–Trinajstić information content (AvgIpc) is 3.09. The number of hydrogen-bond donors (Lipinski definition) is 1. The maximum absolute atomic E-state index is 4.53. The molecule has 116 valence electrons. The fourth-order valence-corrected chi connectivity index (χ4v) is 3.54. The van der Waals surface area contributed by atoms with Gasteiger partial charge in [0.05, 0.1) is 29.0 Å². The molecule has 0 amide bonds. The standard InChI is InChI=1S/C15H23BrN4S/c1-4-7-17-14(13-6-5-10-21-13)15-12(16)11-18-20(15)9-8-19(2)3/h5-6,10-11,14,17H,4,7-9H2,1-3H3. The Kier molecular flexibility index (Phi) is 6.41. The van der Waals surface area contributed by atoms with Crippen molar-refractivity contribution in [1.29, 1.82) is 0 Å². The zero-order valence-electron chi connectivity index (χ0n) is 12.8. The molecule has 0 spiro atoms. The van der Waals surface area contributed by atoms with E-state index in [2.05, 4.69) is 74.5 Å². The van der Waals surface area contributed by atoms with Gasteiger partial charge in [0.15, 0.2) is 0 Å². The van der Waals surface area contributed by atoms with Crippen molar-refractivity contribution in [3.63, 3.8) is 0 Å². The van der Waals surface area contributed by atoms with Crippen molar-refractivity contribution in [2.75, 3.05) is 27.2 Å². The van der Waals surface area contributed by atoms with Crippen LogP contribution in [-0.4, -0.2) is 41.9 Å². The van der Waals surface area contributed by atoms with Crippen LogP contribution in [0, 0.1) is 0 Å². The number of nitrogens with zero attached hydrogens (tertiary/aromatic N) is 3. The molecule has 1 atom stereocenters. The van der Waals surface area contributed by atoms with Gasteiger partial charge in [-0.25, -0.2) is 0 Å². The van der Waals surface area contributed by atoms with Crippen molar-refractivity contribution >= 4 is 27.3 Å². The molecule has 0 saturated heterocycles. The monoisotopic (exact) mass is 370 g/mol. The number of thiophene rings is 1. The number of hydrogen-bond acceptors (Lipinski definition) is 4. The van der Waals surface area contributed by atoms with Gasteiger partial charge in [-0.3, -0.25) is 4.68 Å². The maximum Gasteiger partial charge on any atom is 0.0853 e. The van der Waals surface area contributed by atoms with E-state index in [1.54, 1.807) is 11.3 Å². The van der Waals surface area contributed by atoms with Gasteiger partial charge in [-0.1, -0.05) is 13.0 Å². The third-order valence-electron chi connectivity index (χ3n) is 3.29. The molecule has 2 aromatic rings. The average molecular weight is 371 g/mol. The Hall–Kier alpha value is -0.690. The van der Waals surface area contributed by atoms with E-state index in [0.29, 0.717) is 0 Å². The lowest BCUT2D eigenvalue weighted by Gasteiger charge is -2.20. The normalized spacial score (nSPS) is 13.0. The Morgan fingerprint density at radius 2 is 2.29 bits per heavy atom. The van der Waals surface area contributed by atoms with Crippen LogP contribution in [0.15, 0.2) is 28.2 Å². The summed E-state index contributed by atoms with van der Waals surface area (Å²) in [7, 11) is 4.18. The Morgan fingerprint density at radius 1 is 1.48 bits per heavy atom. The van der Waals surface area contributed by atoms with Crippen LogP contribution in [0.25, 0.3) is 0 Å². The van der Waals surface area contributed by atoms with Crippen LogP contribution in [-0.2, 0) is 6.54 Å². The predicted octanol–water partition coefficient (Wildman–Crippen LogP) is 3.36. The first-order valence-electron chi connectivity index (χ1n) is 7.26. The second-order valence-electron chi connectivity index (χ2n) is 5.31. The maximum atomic E-state index is 4.53. The second kappa shape index (κ2) is 8.08. The molecule has 0 aliphatic rings. The summed E-state index contributed by atoms with van der Waals surface area (Å²) in [5.74, 6) is 0. The van der Waals surface area contributed by atoms with Gasteiger partial charge in [-0.05, 0) is 54.4 Å². The summed E-state index contributed by atoms with van der Waals surface area (Å²) in [6, 6.07) is 4.49. The molecule has 2 heterocycles. The van der Waals surface area contributed by atoms with E-state index in [0.717, 1.165) is 30.5 Å². The Bertz CT molecular complexity index is 536. The van der Waals surface area contributed by atoms with E-state index in [4.69, 9.17) is 0 Å². The third-order valence-corrected chi connectivity index (χ3v) is 4.84. The molecular formula is C15H23BrN4S. The van der Waals surface area contributed by atoms with Crippen LogP contribution in [0.2, 0.25) is 0 Å². The molecule has 0 radical (unpaired) electrons. The van der Waals surface area contributed by atoms with E-state index in [-0.39, 0.29) is 6.04 Å². The molecule has 0 aliphatic carbocycles. The Balaban J connectivity index is 2.28. The molecule has 0 aliphatic heterocycles. The van der Waals surface area contributed by atoms with Gasteiger partial charge >= 0.3 is 0 Å². The molecule has 2 aromatic heterocycles. The van der Waals surface area contributed by atoms with Gasteiger partial charge in [0, 0.05) is 11.4 Å². The van der Waals surface area contributed by atoms with Crippen molar-refractivity contribution in [1.82, 2.24) is 20.0 Å². The van der Waals surface area contributed by atoms with Crippen LogP contribution in [0.5, 0.6) is 0 Å². The van der Waals surface area contributed by atoms with Crippen LogP contribution >= 0.6 is 27.3 Å². The summed E-state index contributed by atoms with van der Waals surface area (Å²) >= 11 is 5.46. The van der Waals surface area contributed by atoms with Crippen molar-refractivity contribution in [2.24, 2.45) is 0 Å². The molecule has 0 fully saturated rings. The van der Waals surface area contributed by atoms with Crippen LogP contribution in [0.1, 0.15) is 30.0 Å². The summed E-state index contributed by atoms with van der Waals surface area (Å²) < 4.78 is 3.18. The molecule has 6 heteroatoms. The van der Waals surface area contributed by atoms with Crippen molar-refractivity contribution in [3.8, 4) is 0 Å². The van der Waals surface area contributed by atoms with Crippen LogP contribution in [0.3, 0.4) is 0 Å². The highest BCUT2D eigenvalue weighted by Crippen LogP contribution is 2.31. The Labute approximate surface area is 139 Å². The van der Waals surface area contributed by atoms with E-state index in [1.165, 1.54) is 10.6 Å². The van der Waals surface area contributed by atoms with Crippen molar-refractivity contribution < 1.29 is 0 Å². The molecular weight excluding hydrogens is 348 g/mol. The zero-order chi connectivity index (χ0) is 15.2. The lowest BCUT2D eigenvalue weighted by Crippen LogP contribution is -2.27. The highest BCUT2D eigenvalue weighted by Gasteiger charge is 2.22. The summed E-state index contributed by atoms with van der Waals surface area (Å²) in [4.78, 5) is 3.51. The number of aromatic nitrogens is 2. The molecule has 0 aromatic carbocycles. The first-order chi connectivity index (χ1) is 10.1. The molecule has 0 saturated carbocycles. The summed E-state index contributed by atoms with van der Waals surface area (Å²) in [6.45, 7) is 5.06. The number of nitrogens with one attached hydrogen (secondary N) is 1. The number of likely N-dealkylation sites (N-methyl/N-ethyl adjacent to an activating group) is 1. The van der Waals surface area contributed by atoms with E-state index < -0.39 is 0 Å². The summed E-state index contributed by atoms with van der Waals surface area (Å²) in [5.41, 5.74) is 1.22. The molecule has 1 N–H and O–H groups in total. The van der Waals surface area contributed by atoms with Gasteiger partial charge in [0.1, 0.15) is 0 Å². The molecule has 1 unspecified atom stereocenters. The minimum atomic E-state index is 0.198. The minimum Gasteiger partial charge on any atom is -0.308 e. The Morgan fingerprint density at radius 3 is 2.90 bits per heavy atom. The lowest BCUT2D eigenvalue weighted by atomic mass is 10.1. The fourth-order valence-electron chi connectivity index (χ4n) is 2.21. The molecule has 0 bridgehead atoms. The molecule has 21 heavy (non-hydrogen) atoms. The van der Waals surface area contributed by atoms with Gasteiger partial charge in [0.25, 0.3) is 0 Å². The fraction of sp³-hybridized carbons (Fsp3) is 0.533. The van der Waals surface area contributed by atoms with Gasteiger partial charge in [-0.15, -0.1) is 11.3 Å².